The highest BCUT2D eigenvalue weighted by Gasteiger charge is 2.24. The Hall–Kier alpha value is -2.86. The van der Waals surface area contributed by atoms with Gasteiger partial charge >= 0.3 is 6.08 Å². The fourth-order valence-electron chi connectivity index (χ4n) is 3.02. The lowest BCUT2D eigenvalue weighted by Crippen LogP contribution is -2.24. The molecule has 0 saturated heterocycles. The number of aromatic nitrogens is 2. The maximum Gasteiger partial charge on any atom is 0.395 e. The van der Waals surface area contributed by atoms with Crippen LogP contribution < -0.4 is 9.47 Å². The summed E-state index contributed by atoms with van der Waals surface area (Å²) < 4.78 is 17.9. The molecule has 0 N–H and O–H groups in total. The van der Waals surface area contributed by atoms with Crippen LogP contribution in [0.1, 0.15) is 24.8 Å². The molecule has 1 aliphatic carbocycles. The molecule has 2 aromatic heterocycles. The smallest absolute Gasteiger partial charge is 0.395 e. The van der Waals surface area contributed by atoms with Gasteiger partial charge in [0.05, 0.1) is 5.56 Å². The standard InChI is InChI=1S/C21H18N2O3S/c1-2-5-14(6-3-1)13-24-17-10-9-16(20-22-11-12-27-20)19-18(17)23-21(26-19)25-15-7-4-8-15/h1-3,5-6,9-12,15H,4,7-8,13H2. The Morgan fingerprint density at radius 1 is 1.11 bits per heavy atom. The number of hydrogen-bond acceptors (Lipinski definition) is 6. The zero-order valence-corrected chi connectivity index (χ0v) is 15.4. The first kappa shape index (κ1) is 16.3. The SMILES string of the molecule is c1ccc(COc2ccc(-c3nccs3)c3oc(OC4CCC4)nc23)cc1. The molecule has 0 unspecified atom stereocenters. The second-order valence-corrected chi connectivity index (χ2v) is 7.45. The maximum absolute atomic E-state index is 6.04. The van der Waals surface area contributed by atoms with Gasteiger partial charge in [0.25, 0.3) is 0 Å². The van der Waals surface area contributed by atoms with Gasteiger partial charge in [0.2, 0.25) is 0 Å². The Labute approximate surface area is 160 Å². The molecule has 4 aromatic rings. The van der Waals surface area contributed by atoms with Crippen LogP contribution in [-0.2, 0) is 6.61 Å². The van der Waals surface area contributed by atoms with Gasteiger partial charge < -0.3 is 13.9 Å². The summed E-state index contributed by atoms with van der Waals surface area (Å²) in [4.78, 5) is 8.99. The first-order valence-corrected chi connectivity index (χ1v) is 9.91. The van der Waals surface area contributed by atoms with E-state index >= 15 is 0 Å². The second-order valence-electron chi connectivity index (χ2n) is 6.55. The van der Waals surface area contributed by atoms with Crippen LogP contribution in [0.5, 0.6) is 11.8 Å². The average Bonchev–Trinajstić information content (AvgIpc) is 3.33. The van der Waals surface area contributed by atoms with E-state index in [9.17, 15) is 0 Å². The minimum atomic E-state index is 0.204. The molecule has 27 heavy (non-hydrogen) atoms. The van der Waals surface area contributed by atoms with Crippen molar-refractivity contribution in [3.8, 4) is 22.4 Å². The molecule has 0 bridgehead atoms. The molecule has 0 atom stereocenters. The predicted molar refractivity (Wildman–Crippen MR) is 104 cm³/mol. The van der Waals surface area contributed by atoms with Crippen LogP contribution in [0.4, 0.5) is 0 Å². The molecule has 5 rings (SSSR count). The van der Waals surface area contributed by atoms with E-state index in [1.165, 1.54) is 6.42 Å². The summed E-state index contributed by atoms with van der Waals surface area (Å²) in [5, 5.41) is 2.84. The van der Waals surface area contributed by atoms with Crippen molar-refractivity contribution < 1.29 is 13.9 Å². The zero-order chi connectivity index (χ0) is 18.1. The van der Waals surface area contributed by atoms with E-state index in [1.54, 1.807) is 17.5 Å². The predicted octanol–water partition coefficient (Wildman–Crippen LogP) is 5.46. The summed E-state index contributed by atoms with van der Waals surface area (Å²) in [6.45, 7) is 0.470. The summed E-state index contributed by atoms with van der Waals surface area (Å²) in [6.07, 6.45) is 5.60. The third-order valence-corrected chi connectivity index (χ3v) is 5.51. The first-order valence-electron chi connectivity index (χ1n) is 9.03. The third kappa shape index (κ3) is 3.28. The van der Waals surface area contributed by atoms with Gasteiger partial charge in [-0.3, -0.25) is 0 Å². The van der Waals surface area contributed by atoms with Crippen molar-refractivity contribution >= 4 is 22.4 Å². The van der Waals surface area contributed by atoms with E-state index in [2.05, 4.69) is 9.97 Å². The van der Waals surface area contributed by atoms with Crippen molar-refractivity contribution in [2.75, 3.05) is 0 Å². The van der Waals surface area contributed by atoms with E-state index in [0.29, 0.717) is 29.5 Å². The molecule has 0 spiro atoms. The quantitative estimate of drug-likeness (QED) is 0.446. The van der Waals surface area contributed by atoms with E-state index in [0.717, 1.165) is 29.0 Å². The lowest BCUT2D eigenvalue weighted by molar-refractivity contribution is 0.0857. The van der Waals surface area contributed by atoms with Crippen LogP contribution >= 0.6 is 11.3 Å². The van der Waals surface area contributed by atoms with E-state index in [-0.39, 0.29) is 6.10 Å². The highest BCUT2D eigenvalue weighted by atomic mass is 32.1. The molecule has 6 heteroatoms. The van der Waals surface area contributed by atoms with Crippen molar-refractivity contribution in [3.63, 3.8) is 0 Å². The van der Waals surface area contributed by atoms with Crippen LogP contribution in [0.3, 0.4) is 0 Å². The van der Waals surface area contributed by atoms with Crippen LogP contribution in [0, 0.1) is 0 Å². The second kappa shape index (κ2) is 7.04. The average molecular weight is 378 g/mol. The van der Waals surface area contributed by atoms with Crippen LogP contribution in [0.15, 0.2) is 58.5 Å². The highest BCUT2D eigenvalue weighted by molar-refractivity contribution is 7.13. The number of oxazole rings is 1. The fourth-order valence-corrected chi connectivity index (χ4v) is 3.68. The third-order valence-electron chi connectivity index (χ3n) is 4.71. The van der Waals surface area contributed by atoms with Gasteiger partial charge in [-0.15, -0.1) is 11.3 Å². The monoisotopic (exact) mass is 378 g/mol. The molecule has 1 aliphatic rings. The minimum Gasteiger partial charge on any atom is -0.486 e. The van der Waals surface area contributed by atoms with Gasteiger partial charge in [-0.05, 0) is 37.0 Å². The number of fused-ring (bicyclic) bond motifs is 1. The van der Waals surface area contributed by atoms with Gasteiger partial charge in [-0.25, -0.2) is 4.98 Å². The molecular formula is C21H18N2O3S. The van der Waals surface area contributed by atoms with Crippen molar-refractivity contribution in [1.82, 2.24) is 9.97 Å². The number of ether oxygens (including phenoxy) is 2. The number of rotatable bonds is 6. The topological polar surface area (TPSA) is 57.4 Å². The molecule has 0 radical (unpaired) electrons. The number of thiazole rings is 1. The van der Waals surface area contributed by atoms with Crippen LogP contribution in [0.2, 0.25) is 0 Å². The summed E-state index contributed by atoms with van der Waals surface area (Å²) in [6, 6.07) is 14.0. The molecule has 5 nitrogen and oxygen atoms in total. The van der Waals surface area contributed by atoms with Crippen molar-refractivity contribution in [3.05, 3.63) is 59.6 Å². The number of benzene rings is 2. The summed E-state index contributed by atoms with van der Waals surface area (Å²) in [5.41, 5.74) is 3.34. The van der Waals surface area contributed by atoms with E-state index in [1.807, 2.05) is 47.8 Å². The van der Waals surface area contributed by atoms with Crippen molar-refractivity contribution in [2.45, 2.75) is 32.0 Å². The Kier molecular flexibility index (Phi) is 4.26. The zero-order valence-electron chi connectivity index (χ0n) is 14.6. The Bertz CT molecular complexity index is 1040. The maximum atomic E-state index is 6.04. The molecule has 0 aliphatic heterocycles. The fraction of sp³-hybridized carbons (Fsp3) is 0.238. The lowest BCUT2D eigenvalue weighted by atomic mass is 9.96. The molecule has 2 heterocycles. The Morgan fingerprint density at radius 3 is 2.74 bits per heavy atom. The summed E-state index contributed by atoms with van der Waals surface area (Å²) in [5.74, 6) is 0.682. The van der Waals surface area contributed by atoms with Crippen molar-refractivity contribution in [2.24, 2.45) is 0 Å². The Morgan fingerprint density at radius 2 is 2.00 bits per heavy atom. The van der Waals surface area contributed by atoms with E-state index < -0.39 is 0 Å². The highest BCUT2D eigenvalue weighted by Crippen LogP contribution is 2.38. The molecule has 1 fully saturated rings. The molecule has 1 saturated carbocycles. The van der Waals surface area contributed by atoms with Crippen LogP contribution in [0.25, 0.3) is 21.7 Å². The van der Waals surface area contributed by atoms with Gasteiger partial charge in [-0.2, -0.15) is 4.98 Å². The lowest BCUT2D eigenvalue weighted by Gasteiger charge is -2.23. The number of hydrogen-bond donors (Lipinski definition) is 0. The molecular weight excluding hydrogens is 360 g/mol. The van der Waals surface area contributed by atoms with Gasteiger partial charge in [-0.1, -0.05) is 30.3 Å². The first-order chi connectivity index (χ1) is 13.4. The minimum absolute atomic E-state index is 0.204. The van der Waals surface area contributed by atoms with Gasteiger partial charge in [0.1, 0.15) is 23.5 Å². The van der Waals surface area contributed by atoms with Gasteiger partial charge in [0, 0.05) is 11.6 Å². The largest absolute Gasteiger partial charge is 0.486 e. The van der Waals surface area contributed by atoms with E-state index in [4.69, 9.17) is 13.9 Å². The van der Waals surface area contributed by atoms with Crippen molar-refractivity contribution in [1.29, 1.82) is 0 Å². The number of nitrogens with zero attached hydrogens (tertiary/aromatic N) is 2. The molecule has 2 aromatic carbocycles. The van der Waals surface area contributed by atoms with Crippen LogP contribution in [-0.4, -0.2) is 16.1 Å². The Balaban J connectivity index is 1.51. The summed E-state index contributed by atoms with van der Waals surface area (Å²) in [7, 11) is 0. The normalized spacial score (nSPS) is 14.2. The van der Waals surface area contributed by atoms with Gasteiger partial charge in [0.15, 0.2) is 11.1 Å². The summed E-state index contributed by atoms with van der Waals surface area (Å²) >= 11 is 1.57. The molecule has 136 valence electrons. The molecule has 0 amide bonds.